The second-order valence-electron chi connectivity index (χ2n) is 5.12. The minimum Gasteiger partial charge on any atom is -0.408 e. The SMILES string of the molecule is O=c1[nH]c2cc(CNCC3CCCCN3)ccc2o1. The van der Waals surface area contributed by atoms with E-state index in [9.17, 15) is 4.79 Å². The summed E-state index contributed by atoms with van der Waals surface area (Å²) in [6, 6.07) is 6.37. The molecule has 0 radical (unpaired) electrons. The van der Waals surface area contributed by atoms with Gasteiger partial charge in [0.1, 0.15) is 0 Å². The minimum atomic E-state index is -0.397. The number of aromatic amines is 1. The highest BCUT2D eigenvalue weighted by Crippen LogP contribution is 2.12. The Labute approximate surface area is 111 Å². The number of rotatable bonds is 4. The number of fused-ring (bicyclic) bond motifs is 1. The van der Waals surface area contributed by atoms with Crippen molar-refractivity contribution in [2.24, 2.45) is 0 Å². The lowest BCUT2D eigenvalue weighted by Crippen LogP contribution is -2.41. The fourth-order valence-electron chi connectivity index (χ4n) is 2.60. The maximum absolute atomic E-state index is 11.1. The van der Waals surface area contributed by atoms with E-state index in [2.05, 4.69) is 15.6 Å². The molecule has 1 unspecified atom stereocenters. The number of oxazole rings is 1. The zero-order valence-electron chi connectivity index (χ0n) is 10.9. The van der Waals surface area contributed by atoms with E-state index in [-0.39, 0.29) is 0 Å². The Bertz CT molecular complexity index is 596. The van der Waals surface area contributed by atoms with Crippen LogP contribution in [0.25, 0.3) is 11.1 Å². The zero-order chi connectivity index (χ0) is 13.1. The number of hydrogen-bond donors (Lipinski definition) is 3. The predicted molar refractivity (Wildman–Crippen MR) is 74.2 cm³/mol. The quantitative estimate of drug-likeness (QED) is 0.777. The first kappa shape index (κ1) is 12.4. The molecule has 3 N–H and O–H groups in total. The molecule has 1 fully saturated rings. The van der Waals surface area contributed by atoms with Crippen molar-refractivity contribution >= 4 is 11.1 Å². The molecular formula is C14H19N3O2. The summed E-state index contributed by atoms with van der Waals surface area (Å²) < 4.78 is 4.98. The molecule has 5 heteroatoms. The van der Waals surface area contributed by atoms with Crippen LogP contribution in [-0.2, 0) is 6.54 Å². The third kappa shape index (κ3) is 3.05. The molecule has 2 heterocycles. The Balaban J connectivity index is 1.57. The molecule has 1 aliphatic heterocycles. The molecule has 0 saturated carbocycles. The van der Waals surface area contributed by atoms with Crippen molar-refractivity contribution in [1.29, 1.82) is 0 Å². The van der Waals surface area contributed by atoms with Gasteiger partial charge in [-0.15, -0.1) is 0 Å². The zero-order valence-corrected chi connectivity index (χ0v) is 10.9. The Morgan fingerprint density at radius 1 is 1.37 bits per heavy atom. The largest absolute Gasteiger partial charge is 0.417 e. The van der Waals surface area contributed by atoms with Crippen LogP contribution in [0.3, 0.4) is 0 Å². The van der Waals surface area contributed by atoms with E-state index in [1.807, 2.05) is 18.2 Å². The number of aromatic nitrogens is 1. The van der Waals surface area contributed by atoms with Crippen LogP contribution in [-0.4, -0.2) is 24.1 Å². The van der Waals surface area contributed by atoms with Gasteiger partial charge >= 0.3 is 5.76 Å². The molecule has 3 rings (SSSR count). The summed E-state index contributed by atoms with van der Waals surface area (Å²) in [5, 5.41) is 6.97. The van der Waals surface area contributed by atoms with Crippen molar-refractivity contribution < 1.29 is 4.42 Å². The van der Waals surface area contributed by atoms with Gasteiger partial charge in [0.2, 0.25) is 0 Å². The van der Waals surface area contributed by atoms with Crippen molar-refractivity contribution in [3.05, 3.63) is 34.3 Å². The fraction of sp³-hybridized carbons (Fsp3) is 0.500. The molecular weight excluding hydrogens is 242 g/mol. The molecule has 1 atom stereocenters. The lowest BCUT2D eigenvalue weighted by atomic mass is 10.1. The molecule has 5 nitrogen and oxygen atoms in total. The lowest BCUT2D eigenvalue weighted by Gasteiger charge is -2.23. The molecule has 1 saturated heterocycles. The Morgan fingerprint density at radius 2 is 2.32 bits per heavy atom. The topological polar surface area (TPSA) is 70.1 Å². The number of nitrogens with one attached hydrogen (secondary N) is 3. The molecule has 0 bridgehead atoms. The first-order valence-corrected chi connectivity index (χ1v) is 6.87. The molecule has 0 amide bonds. The van der Waals surface area contributed by atoms with Gasteiger partial charge in [-0.2, -0.15) is 0 Å². The van der Waals surface area contributed by atoms with Gasteiger partial charge in [0, 0.05) is 19.1 Å². The molecule has 2 aromatic rings. The molecule has 0 aliphatic carbocycles. The highest BCUT2D eigenvalue weighted by atomic mass is 16.4. The van der Waals surface area contributed by atoms with Crippen LogP contribution in [0.1, 0.15) is 24.8 Å². The van der Waals surface area contributed by atoms with Crippen LogP contribution in [0.2, 0.25) is 0 Å². The van der Waals surface area contributed by atoms with Gasteiger partial charge in [0.15, 0.2) is 5.58 Å². The van der Waals surface area contributed by atoms with E-state index < -0.39 is 5.76 Å². The molecule has 102 valence electrons. The van der Waals surface area contributed by atoms with E-state index in [0.717, 1.165) is 30.7 Å². The lowest BCUT2D eigenvalue weighted by molar-refractivity contribution is 0.383. The maximum Gasteiger partial charge on any atom is 0.417 e. The fourth-order valence-corrected chi connectivity index (χ4v) is 2.60. The van der Waals surface area contributed by atoms with Crippen LogP contribution < -0.4 is 16.4 Å². The van der Waals surface area contributed by atoms with Gasteiger partial charge in [0.25, 0.3) is 0 Å². The van der Waals surface area contributed by atoms with Crippen molar-refractivity contribution in [2.45, 2.75) is 31.8 Å². The van der Waals surface area contributed by atoms with Crippen LogP contribution in [0.5, 0.6) is 0 Å². The van der Waals surface area contributed by atoms with Crippen LogP contribution in [0, 0.1) is 0 Å². The van der Waals surface area contributed by atoms with Crippen LogP contribution in [0.4, 0.5) is 0 Å². The van der Waals surface area contributed by atoms with Gasteiger partial charge in [-0.25, -0.2) is 4.79 Å². The number of benzene rings is 1. The average molecular weight is 261 g/mol. The number of hydrogen-bond acceptors (Lipinski definition) is 4. The van der Waals surface area contributed by atoms with Crippen molar-refractivity contribution in [3.8, 4) is 0 Å². The second kappa shape index (κ2) is 5.59. The third-order valence-electron chi connectivity index (χ3n) is 3.62. The predicted octanol–water partition coefficient (Wildman–Crippen LogP) is 1.35. The average Bonchev–Trinajstić information content (AvgIpc) is 2.79. The highest BCUT2D eigenvalue weighted by Gasteiger charge is 2.11. The minimum absolute atomic E-state index is 0.397. The van der Waals surface area contributed by atoms with Gasteiger partial charge in [-0.3, -0.25) is 4.98 Å². The van der Waals surface area contributed by atoms with Gasteiger partial charge in [0.05, 0.1) is 5.52 Å². The Hall–Kier alpha value is -1.59. The summed E-state index contributed by atoms with van der Waals surface area (Å²) in [7, 11) is 0. The van der Waals surface area contributed by atoms with E-state index >= 15 is 0 Å². The summed E-state index contributed by atoms with van der Waals surface area (Å²) in [5.74, 6) is -0.397. The number of piperidine rings is 1. The first-order chi connectivity index (χ1) is 9.31. The van der Waals surface area contributed by atoms with Crippen molar-refractivity contribution in [1.82, 2.24) is 15.6 Å². The monoisotopic (exact) mass is 261 g/mol. The maximum atomic E-state index is 11.1. The molecule has 1 aliphatic rings. The molecule has 19 heavy (non-hydrogen) atoms. The summed E-state index contributed by atoms with van der Waals surface area (Å²) in [6.07, 6.45) is 3.86. The van der Waals surface area contributed by atoms with Crippen molar-refractivity contribution in [3.63, 3.8) is 0 Å². The van der Waals surface area contributed by atoms with E-state index in [1.54, 1.807) is 0 Å². The van der Waals surface area contributed by atoms with Crippen molar-refractivity contribution in [2.75, 3.05) is 13.1 Å². The summed E-state index contributed by atoms with van der Waals surface area (Å²) in [5.41, 5.74) is 2.53. The van der Waals surface area contributed by atoms with E-state index in [0.29, 0.717) is 11.6 Å². The highest BCUT2D eigenvalue weighted by molar-refractivity contribution is 5.72. The standard InChI is InChI=1S/C14H19N3O2/c18-14-17-12-7-10(4-5-13(12)19-14)8-15-9-11-3-1-2-6-16-11/h4-5,7,11,15-16H,1-3,6,8-9H2,(H,17,18). The molecule has 1 aromatic heterocycles. The first-order valence-electron chi connectivity index (χ1n) is 6.87. The summed E-state index contributed by atoms with van der Waals surface area (Å²) in [4.78, 5) is 13.8. The third-order valence-corrected chi connectivity index (χ3v) is 3.62. The summed E-state index contributed by atoms with van der Waals surface area (Å²) >= 11 is 0. The van der Waals surface area contributed by atoms with Gasteiger partial charge < -0.3 is 15.1 Å². The number of H-pyrrole nitrogens is 1. The normalized spacial score (nSPS) is 19.9. The Morgan fingerprint density at radius 3 is 3.16 bits per heavy atom. The van der Waals surface area contributed by atoms with Crippen LogP contribution >= 0.6 is 0 Å². The van der Waals surface area contributed by atoms with Gasteiger partial charge in [-0.1, -0.05) is 12.5 Å². The van der Waals surface area contributed by atoms with Crippen LogP contribution in [0.15, 0.2) is 27.4 Å². The summed E-state index contributed by atoms with van der Waals surface area (Å²) in [6.45, 7) is 2.93. The van der Waals surface area contributed by atoms with Gasteiger partial charge in [-0.05, 0) is 37.1 Å². The molecule has 0 spiro atoms. The molecule has 1 aromatic carbocycles. The van der Waals surface area contributed by atoms with E-state index in [1.165, 1.54) is 19.3 Å². The van der Waals surface area contributed by atoms with E-state index in [4.69, 9.17) is 4.42 Å². The Kier molecular flexibility index (Phi) is 3.66. The smallest absolute Gasteiger partial charge is 0.408 e. The second-order valence-corrected chi connectivity index (χ2v) is 5.12.